The summed E-state index contributed by atoms with van der Waals surface area (Å²) in [5.41, 5.74) is 4.04. The molecule has 3 aromatic carbocycles. The van der Waals surface area contributed by atoms with Gasteiger partial charge in [0.1, 0.15) is 6.61 Å². The summed E-state index contributed by atoms with van der Waals surface area (Å²) in [6, 6.07) is 28.3. The molecule has 0 saturated heterocycles. The fraction of sp³-hybridized carbons (Fsp3) is 0.333. The number of para-hydroxylation sites is 2. The Morgan fingerprint density at radius 3 is 2.11 bits per heavy atom. The van der Waals surface area contributed by atoms with Gasteiger partial charge in [0.25, 0.3) is 0 Å². The van der Waals surface area contributed by atoms with E-state index >= 15 is 0 Å². The average Bonchev–Trinajstić information content (AvgIpc) is 3.24. The van der Waals surface area contributed by atoms with Crippen LogP contribution in [-0.2, 0) is 24.4 Å². The van der Waals surface area contributed by atoms with Gasteiger partial charge in [0.2, 0.25) is 0 Å². The van der Waals surface area contributed by atoms with Crippen LogP contribution in [0.15, 0.2) is 89.7 Å². The van der Waals surface area contributed by atoms with E-state index in [1.54, 1.807) is 9.47 Å². The largest absolute Gasteiger partial charge is 0.448 e. The molecule has 0 unspecified atom stereocenters. The molecular weight excluding hydrogens is 464 g/mol. The number of nitrogens with one attached hydrogen (secondary N) is 1. The van der Waals surface area contributed by atoms with Crippen LogP contribution in [0.3, 0.4) is 0 Å². The third-order valence-corrected chi connectivity index (χ3v) is 6.37. The summed E-state index contributed by atoms with van der Waals surface area (Å²) < 4.78 is 7.45. The van der Waals surface area contributed by atoms with Crippen LogP contribution >= 0.6 is 0 Å². The van der Waals surface area contributed by atoms with Gasteiger partial charge in [-0.15, -0.1) is 0 Å². The molecule has 194 valence electrons. The molecule has 7 nitrogen and oxygen atoms in total. The van der Waals surface area contributed by atoms with Crippen molar-refractivity contribution in [3.8, 4) is 0 Å². The van der Waals surface area contributed by atoms with Gasteiger partial charge in [0, 0.05) is 39.3 Å². The molecule has 0 aliphatic heterocycles. The highest BCUT2D eigenvalue weighted by molar-refractivity contribution is 5.74. The summed E-state index contributed by atoms with van der Waals surface area (Å²) in [7, 11) is 0. The van der Waals surface area contributed by atoms with E-state index in [1.807, 2.05) is 67.6 Å². The molecular formula is C30H36N4O3. The highest BCUT2D eigenvalue weighted by atomic mass is 16.6. The number of imidazole rings is 1. The Balaban J connectivity index is 1.30. The van der Waals surface area contributed by atoms with Gasteiger partial charge in [-0.3, -0.25) is 9.47 Å². The molecule has 7 heteroatoms. The lowest BCUT2D eigenvalue weighted by atomic mass is 10.1. The fourth-order valence-electron chi connectivity index (χ4n) is 4.56. The number of aromatic amines is 1. The van der Waals surface area contributed by atoms with Crippen LogP contribution < -0.4 is 5.69 Å². The number of aromatic nitrogens is 2. The Bertz CT molecular complexity index is 1260. The normalized spacial score (nSPS) is 11.2. The van der Waals surface area contributed by atoms with Gasteiger partial charge in [0.05, 0.1) is 11.0 Å². The monoisotopic (exact) mass is 500 g/mol. The van der Waals surface area contributed by atoms with Gasteiger partial charge in [-0.1, -0.05) is 79.7 Å². The predicted molar refractivity (Wildman–Crippen MR) is 147 cm³/mol. The zero-order valence-corrected chi connectivity index (χ0v) is 21.5. The van der Waals surface area contributed by atoms with Crippen LogP contribution in [0, 0.1) is 0 Å². The highest BCUT2D eigenvalue weighted by Crippen LogP contribution is 2.12. The number of hydrogen-bond acceptors (Lipinski definition) is 4. The SMILES string of the molecule is CCCN(CCCn1c(=O)[nH]c2ccccc21)C(=O)OCCN(Cc1ccccc1)Cc1ccccc1. The Labute approximate surface area is 218 Å². The number of benzene rings is 3. The molecule has 0 saturated carbocycles. The van der Waals surface area contributed by atoms with Gasteiger partial charge in [-0.2, -0.15) is 0 Å². The Morgan fingerprint density at radius 1 is 0.838 bits per heavy atom. The van der Waals surface area contributed by atoms with Crippen molar-refractivity contribution in [2.75, 3.05) is 26.2 Å². The van der Waals surface area contributed by atoms with Crippen molar-refractivity contribution >= 4 is 17.1 Å². The molecule has 1 aromatic heterocycles. The predicted octanol–water partition coefficient (Wildman–Crippen LogP) is 5.27. The zero-order chi connectivity index (χ0) is 25.9. The Morgan fingerprint density at radius 2 is 1.46 bits per heavy atom. The van der Waals surface area contributed by atoms with Gasteiger partial charge in [0.15, 0.2) is 0 Å². The topological polar surface area (TPSA) is 70.6 Å². The first-order valence-electron chi connectivity index (χ1n) is 13.0. The van der Waals surface area contributed by atoms with Gasteiger partial charge >= 0.3 is 11.8 Å². The molecule has 1 N–H and O–H groups in total. The standard InChI is InChI=1S/C30H36N4O3/c1-2-18-33(19-11-20-34-28-17-10-9-16-27(28)31-29(34)35)30(36)37-22-21-32(23-25-12-5-3-6-13-25)24-26-14-7-4-8-15-26/h3-10,12-17H,2,11,18-24H2,1H3,(H,31,35). The van der Waals surface area contributed by atoms with Crippen molar-refractivity contribution in [2.24, 2.45) is 0 Å². The van der Waals surface area contributed by atoms with E-state index in [0.29, 0.717) is 39.2 Å². The molecule has 0 fully saturated rings. The van der Waals surface area contributed by atoms with Crippen molar-refractivity contribution < 1.29 is 9.53 Å². The number of rotatable bonds is 13. The first kappa shape index (κ1) is 26.2. The third kappa shape index (κ3) is 7.57. The molecule has 37 heavy (non-hydrogen) atoms. The van der Waals surface area contributed by atoms with Crippen LogP contribution in [-0.4, -0.2) is 51.7 Å². The van der Waals surface area contributed by atoms with Crippen molar-refractivity contribution in [1.29, 1.82) is 0 Å². The molecule has 4 aromatic rings. The summed E-state index contributed by atoms with van der Waals surface area (Å²) in [5, 5.41) is 0. The number of fused-ring (bicyclic) bond motifs is 1. The van der Waals surface area contributed by atoms with E-state index in [1.165, 1.54) is 11.1 Å². The second-order valence-electron chi connectivity index (χ2n) is 9.24. The van der Waals surface area contributed by atoms with Gasteiger partial charge in [-0.25, -0.2) is 9.59 Å². The maximum absolute atomic E-state index is 12.9. The van der Waals surface area contributed by atoms with E-state index in [4.69, 9.17) is 4.74 Å². The number of amides is 1. The second-order valence-corrected chi connectivity index (χ2v) is 9.24. The number of ether oxygens (including phenoxy) is 1. The van der Waals surface area contributed by atoms with Crippen LogP contribution in [0.2, 0.25) is 0 Å². The minimum Gasteiger partial charge on any atom is -0.448 e. The summed E-state index contributed by atoms with van der Waals surface area (Å²) in [4.78, 5) is 32.2. The summed E-state index contributed by atoms with van der Waals surface area (Å²) in [6.45, 7) is 6.28. The minimum atomic E-state index is -0.299. The number of aryl methyl sites for hydroxylation is 1. The lowest BCUT2D eigenvalue weighted by Crippen LogP contribution is -2.36. The molecule has 4 rings (SSSR count). The average molecular weight is 501 g/mol. The number of hydrogen-bond donors (Lipinski definition) is 1. The molecule has 0 bridgehead atoms. The molecule has 1 heterocycles. The first-order chi connectivity index (χ1) is 18.1. The third-order valence-electron chi connectivity index (χ3n) is 6.37. The van der Waals surface area contributed by atoms with E-state index in [-0.39, 0.29) is 11.8 Å². The van der Waals surface area contributed by atoms with E-state index in [2.05, 4.69) is 34.1 Å². The molecule has 0 atom stereocenters. The van der Waals surface area contributed by atoms with Gasteiger partial charge < -0.3 is 14.6 Å². The second kappa shape index (κ2) is 13.5. The first-order valence-corrected chi connectivity index (χ1v) is 13.0. The van der Waals surface area contributed by atoms with Crippen molar-refractivity contribution in [3.63, 3.8) is 0 Å². The smallest absolute Gasteiger partial charge is 0.409 e. The molecule has 0 aliphatic carbocycles. The number of nitrogens with zero attached hydrogens (tertiary/aromatic N) is 3. The summed E-state index contributed by atoms with van der Waals surface area (Å²) in [6.07, 6.45) is 1.22. The highest BCUT2D eigenvalue weighted by Gasteiger charge is 2.16. The minimum absolute atomic E-state index is 0.122. The molecule has 1 amide bonds. The number of carbonyl (C=O) groups is 1. The number of H-pyrrole nitrogens is 1. The Kier molecular flexibility index (Phi) is 9.54. The molecule has 0 radical (unpaired) electrons. The van der Waals surface area contributed by atoms with E-state index < -0.39 is 0 Å². The maximum Gasteiger partial charge on any atom is 0.409 e. The van der Waals surface area contributed by atoms with Crippen molar-refractivity contribution in [3.05, 3.63) is 107 Å². The van der Waals surface area contributed by atoms with Crippen molar-refractivity contribution in [1.82, 2.24) is 19.4 Å². The van der Waals surface area contributed by atoms with Crippen LogP contribution in [0.25, 0.3) is 11.0 Å². The maximum atomic E-state index is 12.9. The Hall–Kier alpha value is -3.84. The van der Waals surface area contributed by atoms with Crippen LogP contribution in [0.4, 0.5) is 4.79 Å². The summed E-state index contributed by atoms with van der Waals surface area (Å²) in [5.74, 6) is 0. The van der Waals surface area contributed by atoms with Crippen molar-refractivity contribution in [2.45, 2.75) is 39.4 Å². The molecule has 0 aliphatic rings. The quantitative estimate of drug-likeness (QED) is 0.272. The van der Waals surface area contributed by atoms with Crippen LogP contribution in [0.1, 0.15) is 30.9 Å². The molecule has 0 spiro atoms. The lowest BCUT2D eigenvalue weighted by molar-refractivity contribution is 0.0870. The van der Waals surface area contributed by atoms with E-state index in [0.717, 1.165) is 30.5 Å². The summed E-state index contributed by atoms with van der Waals surface area (Å²) >= 11 is 0. The zero-order valence-electron chi connectivity index (χ0n) is 21.5. The lowest BCUT2D eigenvalue weighted by Gasteiger charge is -2.25. The fourth-order valence-corrected chi connectivity index (χ4v) is 4.56. The van der Waals surface area contributed by atoms with Crippen LogP contribution in [0.5, 0.6) is 0 Å². The number of carbonyl (C=O) groups excluding carboxylic acids is 1. The van der Waals surface area contributed by atoms with E-state index in [9.17, 15) is 9.59 Å². The van der Waals surface area contributed by atoms with Gasteiger partial charge in [-0.05, 0) is 36.1 Å².